The number of fused-ring (bicyclic) bond motifs is 1. The van der Waals surface area contributed by atoms with Crippen molar-refractivity contribution < 1.29 is 13.6 Å². The van der Waals surface area contributed by atoms with Gasteiger partial charge in [0.2, 0.25) is 5.78 Å². The smallest absolute Gasteiger partial charge is 0.201 e. The van der Waals surface area contributed by atoms with Gasteiger partial charge in [-0.1, -0.05) is 6.08 Å². The molecule has 7 heteroatoms. The molecule has 0 bridgehead atoms. The lowest BCUT2D eigenvalue weighted by molar-refractivity contribution is 0.103. The zero-order valence-electron chi connectivity index (χ0n) is 13.2. The van der Waals surface area contributed by atoms with Crippen molar-refractivity contribution in [2.24, 2.45) is 0 Å². The number of nitrogen functional groups attached to an aromatic ring is 1. The van der Waals surface area contributed by atoms with Gasteiger partial charge in [0.05, 0.1) is 11.3 Å². The number of carbonyl (C=O) groups excluding carboxylic acids is 1. The van der Waals surface area contributed by atoms with Gasteiger partial charge in [-0.2, -0.15) is 0 Å². The first-order chi connectivity index (χ1) is 12.0. The summed E-state index contributed by atoms with van der Waals surface area (Å²) in [7, 11) is 0. The minimum absolute atomic E-state index is 0.0770. The summed E-state index contributed by atoms with van der Waals surface area (Å²) >= 11 is 0. The third-order valence-electron chi connectivity index (χ3n) is 3.92. The molecule has 0 saturated heterocycles. The van der Waals surface area contributed by atoms with Crippen LogP contribution in [0.5, 0.6) is 0 Å². The summed E-state index contributed by atoms with van der Waals surface area (Å²) in [6.45, 7) is 1.77. The fraction of sp³-hybridized carbons (Fsp3) is 0.0556. The van der Waals surface area contributed by atoms with Crippen molar-refractivity contribution in [3.05, 3.63) is 65.0 Å². The van der Waals surface area contributed by atoms with Gasteiger partial charge in [-0.25, -0.2) is 13.8 Å². The maximum absolute atomic E-state index is 14.2. The molecule has 3 rings (SSSR count). The Morgan fingerprint density at radius 3 is 2.80 bits per heavy atom. The Bertz CT molecular complexity index is 1040. The Kier molecular flexibility index (Phi) is 4.14. The summed E-state index contributed by atoms with van der Waals surface area (Å²) in [5.41, 5.74) is 6.14. The quantitative estimate of drug-likeness (QED) is 0.384. The van der Waals surface area contributed by atoms with E-state index in [1.807, 2.05) is 0 Å². The van der Waals surface area contributed by atoms with Gasteiger partial charge in [-0.3, -0.25) is 4.79 Å². The number of H-pyrrole nitrogens is 1. The molecule has 0 spiro atoms. The van der Waals surface area contributed by atoms with Crippen LogP contribution in [0.1, 0.15) is 28.4 Å². The van der Waals surface area contributed by atoms with Crippen molar-refractivity contribution in [1.82, 2.24) is 9.97 Å². The molecule has 5 nitrogen and oxygen atoms in total. The number of hydrogen-bond acceptors (Lipinski definition) is 4. The molecule has 126 valence electrons. The van der Waals surface area contributed by atoms with Gasteiger partial charge in [0, 0.05) is 35.1 Å². The molecule has 0 aliphatic rings. The van der Waals surface area contributed by atoms with E-state index < -0.39 is 23.0 Å². The number of aromatic nitrogens is 2. The molecule has 25 heavy (non-hydrogen) atoms. The summed E-state index contributed by atoms with van der Waals surface area (Å²) in [4.78, 5) is 19.7. The molecule has 3 aromatic rings. The number of hydrogen-bond donors (Lipinski definition) is 3. The third-order valence-corrected chi connectivity index (χ3v) is 3.92. The number of nitrogens with one attached hydrogen (secondary N) is 2. The highest BCUT2D eigenvalue weighted by Crippen LogP contribution is 2.27. The average Bonchev–Trinajstić information content (AvgIpc) is 3.03. The number of nitrogens with zero attached hydrogens (tertiary/aromatic N) is 1. The number of ketones is 1. The first kappa shape index (κ1) is 16.5. The van der Waals surface area contributed by atoms with Crippen LogP contribution in [0.4, 0.5) is 14.5 Å². The van der Waals surface area contributed by atoms with Gasteiger partial charge in [0.25, 0.3) is 0 Å². The number of rotatable bonds is 4. The van der Waals surface area contributed by atoms with Gasteiger partial charge in [0.1, 0.15) is 11.5 Å². The molecule has 0 atom stereocenters. The van der Waals surface area contributed by atoms with Crippen molar-refractivity contribution in [1.29, 1.82) is 5.41 Å². The first-order valence-corrected chi connectivity index (χ1v) is 7.40. The normalized spacial score (nSPS) is 11.7. The van der Waals surface area contributed by atoms with Crippen molar-refractivity contribution in [3.63, 3.8) is 0 Å². The highest BCUT2D eigenvalue weighted by atomic mass is 19.1. The van der Waals surface area contributed by atoms with Crippen LogP contribution < -0.4 is 5.73 Å². The largest absolute Gasteiger partial charge is 0.396 e. The van der Waals surface area contributed by atoms with Crippen molar-refractivity contribution in [2.45, 2.75) is 6.92 Å². The van der Waals surface area contributed by atoms with Gasteiger partial charge < -0.3 is 16.1 Å². The number of anilines is 1. The third kappa shape index (κ3) is 2.69. The van der Waals surface area contributed by atoms with E-state index in [1.165, 1.54) is 6.20 Å². The van der Waals surface area contributed by atoms with Crippen molar-refractivity contribution in [2.75, 3.05) is 5.73 Å². The summed E-state index contributed by atoms with van der Waals surface area (Å²) in [6.07, 6.45) is 5.79. The lowest BCUT2D eigenvalue weighted by Gasteiger charge is -2.06. The SMILES string of the molecule is C/C=C(\C=N)c1cnc2[nH]cc(C(=O)c3c(F)ccc(N)c3F)c2c1. The maximum Gasteiger partial charge on any atom is 0.201 e. The molecule has 0 aliphatic carbocycles. The number of carbonyl (C=O) groups is 1. The lowest BCUT2D eigenvalue weighted by atomic mass is 10.00. The summed E-state index contributed by atoms with van der Waals surface area (Å²) in [5, 5.41) is 7.82. The molecular formula is C18H14F2N4O. The monoisotopic (exact) mass is 340 g/mol. The Morgan fingerprint density at radius 1 is 1.36 bits per heavy atom. The number of pyridine rings is 1. The number of aromatic amines is 1. The van der Waals surface area contributed by atoms with E-state index in [0.717, 1.165) is 18.3 Å². The molecule has 4 N–H and O–H groups in total. The van der Waals surface area contributed by atoms with Gasteiger partial charge in [-0.05, 0) is 30.7 Å². The van der Waals surface area contributed by atoms with Crippen LogP contribution in [0.2, 0.25) is 0 Å². The van der Waals surface area contributed by atoms with Crippen molar-refractivity contribution >= 4 is 34.3 Å². The molecule has 0 amide bonds. The van der Waals surface area contributed by atoms with Crippen LogP contribution in [0.15, 0.2) is 36.7 Å². The van der Waals surface area contributed by atoms with Crippen LogP contribution in [-0.4, -0.2) is 22.0 Å². The molecule has 2 heterocycles. The zero-order chi connectivity index (χ0) is 18.1. The molecule has 0 fully saturated rings. The fourth-order valence-electron chi connectivity index (χ4n) is 2.59. The molecular weight excluding hydrogens is 326 g/mol. The second-order valence-corrected chi connectivity index (χ2v) is 5.37. The van der Waals surface area contributed by atoms with E-state index in [2.05, 4.69) is 9.97 Å². The van der Waals surface area contributed by atoms with E-state index in [0.29, 0.717) is 22.2 Å². The van der Waals surface area contributed by atoms with E-state index >= 15 is 0 Å². The molecule has 1 aromatic carbocycles. The van der Waals surface area contributed by atoms with Crippen molar-refractivity contribution in [3.8, 4) is 0 Å². The molecule has 0 saturated carbocycles. The van der Waals surface area contributed by atoms with Gasteiger partial charge in [0.15, 0.2) is 5.82 Å². The Hall–Kier alpha value is -3.35. The second-order valence-electron chi connectivity index (χ2n) is 5.37. The Balaban J connectivity index is 2.20. The Morgan fingerprint density at radius 2 is 2.12 bits per heavy atom. The molecule has 0 aliphatic heterocycles. The number of benzene rings is 1. The van der Waals surface area contributed by atoms with E-state index in [4.69, 9.17) is 11.1 Å². The van der Waals surface area contributed by atoms with Crippen LogP contribution in [-0.2, 0) is 0 Å². The number of halogens is 2. The van der Waals surface area contributed by atoms with Gasteiger partial charge in [-0.15, -0.1) is 0 Å². The minimum atomic E-state index is -1.09. The highest BCUT2D eigenvalue weighted by Gasteiger charge is 2.23. The fourth-order valence-corrected chi connectivity index (χ4v) is 2.59. The van der Waals surface area contributed by atoms with Crippen LogP contribution in [0.3, 0.4) is 0 Å². The van der Waals surface area contributed by atoms with Crippen LogP contribution in [0.25, 0.3) is 16.6 Å². The van der Waals surface area contributed by atoms with Crippen LogP contribution in [0, 0.1) is 17.0 Å². The predicted molar refractivity (Wildman–Crippen MR) is 92.7 cm³/mol. The topological polar surface area (TPSA) is 95.6 Å². The Labute approximate surface area is 141 Å². The van der Waals surface area contributed by atoms with E-state index in [9.17, 15) is 13.6 Å². The number of allylic oxidation sites excluding steroid dienone is 2. The summed E-state index contributed by atoms with van der Waals surface area (Å²) in [6, 6.07) is 3.67. The summed E-state index contributed by atoms with van der Waals surface area (Å²) in [5.74, 6) is -2.90. The molecule has 2 aromatic heterocycles. The predicted octanol–water partition coefficient (Wildman–Crippen LogP) is 3.71. The van der Waals surface area contributed by atoms with E-state index in [-0.39, 0.29) is 11.3 Å². The maximum atomic E-state index is 14.2. The average molecular weight is 340 g/mol. The van der Waals surface area contributed by atoms with Crippen LogP contribution >= 0.6 is 0 Å². The first-order valence-electron chi connectivity index (χ1n) is 7.40. The standard InChI is InChI=1S/C18H14F2N4O/c1-2-9(6-21)10-5-11-12(8-24-18(11)23-7-10)17(25)15-13(19)3-4-14(22)16(15)20/h2-8,21H,22H2,1H3,(H,23,24)/b9-2+,21-6?. The second kappa shape index (κ2) is 6.27. The summed E-state index contributed by atoms with van der Waals surface area (Å²) < 4.78 is 28.2. The number of nitrogens with two attached hydrogens (primary N) is 1. The lowest BCUT2D eigenvalue weighted by Crippen LogP contribution is -2.09. The zero-order valence-corrected chi connectivity index (χ0v) is 13.2. The van der Waals surface area contributed by atoms with E-state index in [1.54, 1.807) is 25.3 Å². The molecule has 0 unspecified atom stereocenters. The highest BCUT2D eigenvalue weighted by molar-refractivity contribution is 6.17. The molecule has 0 radical (unpaired) electrons. The minimum Gasteiger partial charge on any atom is -0.396 e. The van der Waals surface area contributed by atoms with Gasteiger partial charge >= 0.3 is 0 Å².